The molecule has 2 unspecified atom stereocenters. The summed E-state index contributed by atoms with van der Waals surface area (Å²) in [5.74, 6) is -0.826. The van der Waals surface area contributed by atoms with Crippen LogP contribution in [0.2, 0.25) is 0 Å². The van der Waals surface area contributed by atoms with Gasteiger partial charge in [-0.3, -0.25) is 14.2 Å². The fraction of sp³-hybridized carbons (Fsp3) is 0.738. The van der Waals surface area contributed by atoms with Crippen LogP contribution in [0.5, 0.6) is 0 Å². The van der Waals surface area contributed by atoms with Gasteiger partial charge < -0.3 is 27.9 Å². The van der Waals surface area contributed by atoms with E-state index >= 15 is 0 Å². The molecule has 0 aliphatic rings. The fourth-order valence-corrected chi connectivity index (χ4v) is 11.7. The standard InChI is InChI=1S/C84H148NO8P/c1-6-8-10-12-14-16-18-20-22-24-26-28-30-32-34-36-38-40-41-42-43-45-47-49-51-53-55-57-59-61-63-65-67-69-71-73-75-77-84(87)93-82(81-92-94(88,89)91-79-78-85(3,4)5)80-90-83(86)76-74-72-70-68-66-64-62-60-58-56-54-52-50-48-46-44-39-37-35-33-31-29-27-25-23-21-19-17-15-13-11-9-7-2/h8,10,14,16,19-22,25-28,32,34,38,40,42-43,47,49,82H,6-7,9,11-13,15,17-18,23-24,29-31,33,35-37,39,41,44-46,48,50-81H2,1-5H3/b10-8-,16-14-,21-19-,22-20-,27-25-,28-26-,34-32-,40-38-,43-42-,49-47-. The topological polar surface area (TPSA) is 111 Å². The van der Waals surface area contributed by atoms with Gasteiger partial charge in [-0.2, -0.15) is 0 Å². The molecule has 0 heterocycles. The van der Waals surface area contributed by atoms with Crippen LogP contribution in [0.4, 0.5) is 0 Å². The van der Waals surface area contributed by atoms with E-state index in [1.165, 1.54) is 218 Å². The first-order chi connectivity index (χ1) is 46.0. The summed E-state index contributed by atoms with van der Waals surface area (Å²) in [6.07, 6.45) is 106. The highest BCUT2D eigenvalue weighted by molar-refractivity contribution is 7.45. The Hall–Kier alpha value is -3.59. The fourth-order valence-electron chi connectivity index (χ4n) is 11.0. The zero-order chi connectivity index (χ0) is 68.3. The van der Waals surface area contributed by atoms with Crippen LogP contribution in [0.25, 0.3) is 0 Å². The lowest BCUT2D eigenvalue weighted by Gasteiger charge is -2.28. The van der Waals surface area contributed by atoms with Crippen LogP contribution >= 0.6 is 7.82 Å². The number of allylic oxidation sites excluding steroid dienone is 20. The van der Waals surface area contributed by atoms with E-state index in [2.05, 4.69) is 135 Å². The lowest BCUT2D eigenvalue weighted by molar-refractivity contribution is -0.870. The number of carbonyl (C=O) groups excluding carboxylic acids is 2. The number of nitrogens with zero attached hydrogens (tertiary/aromatic N) is 1. The van der Waals surface area contributed by atoms with Crippen LogP contribution in [0, 0.1) is 0 Å². The Kier molecular flexibility index (Phi) is 70.8. The summed E-state index contributed by atoms with van der Waals surface area (Å²) < 4.78 is 34.4. The van der Waals surface area contributed by atoms with E-state index in [1.807, 2.05) is 21.1 Å². The van der Waals surface area contributed by atoms with Gasteiger partial charge in [-0.25, -0.2) is 0 Å². The molecule has 0 aliphatic carbocycles. The van der Waals surface area contributed by atoms with E-state index in [4.69, 9.17) is 18.5 Å². The predicted molar refractivity (Wildman–Crippen MR) is 406 cm³/mol. The van der Waals surface area contributed by atoms with E-state index in [0.717, 1.165) is 96.3 Å². The first-order valence-electron chi connectivity index (χ1n) is 39.2. The smallest absolute Gasteiger partial charge is 0.306 e. The average Bonchev–Trinajstić information content (AvgIpc) is 1.56. The molecule has 94 heavy (non-hydrogen) atoms. The highest BCUT2D eigenvalue weighted by Gasteiger charge is 2.22. The van der Waals surface area contributed by atoms with Crippen LogP contribution in [0.1, 0.15) is 348 Å². The number of phosphoric acid groups is 1. The van der Waals surface area contributed by atoms with Crippen molar-refractivity contribution in [2.75, 3.05) is 47.5 Å². The highest BCUT2D eigenvalue weighted by Crippen LogP contribution is 2.38. The third-order valence-electron chi connectivity index (χ3n) is 17.0. The predicted octanol–water partition coefficient (Wildman–Crippen LogP) is 25.5. The minimum absolute atomic E-state index is 0.0341. The zero-order valence-electron chi connectivity index (χ0n) is 61.9. The number of unbranched alkanes of at least 4 members (excludes halogenated alkanes) is 38. The third kappa shape index (κ3) is 77.4. The van der Waals surface area contributed by atoms with Crippen LogP contribution in [-0.4, -0.2) is 70.0 Å². The Morgan fingerprint density at radius 1 is 0.340 bits per heavy atom. The Balaban J connectivity index is 4.00. The van der Waals surface area contributed by atoms with Gasteiger partial charge in [0.25, 0.3) is 7.82 Å². The number of phosphoric ester groups is 1. The number of esters is 2. The van der Waals surface area contributed by atoms with Crippen molar-refractivity contribution in [1.29, 1.82) is 0 Å². The maximum absolute atomic E-state index is 12.9. The molecule has 0 radical (unpaired) electrons. The molecule has 0 spiro atoms. The molecule has 542 valence electrons. The molecule has 0 aromatic heterocycles. The van der Waals surface area contributed by atoms with Gasteiger partial charge in [-0.15, -0.1) is 0 Å². The van der Waals surface area contributed by atoms with E-state index < -0.39 is 26.5 Å². The van der Waals surface area contributed by atoms with Gasteiger partial charge in [0.05, 0.1) is 27.7 Å². The van der Waals surface area contributed by atoms with Crippen molar-refractivity contribution in [2.45, 2.75) is 354 Å². The summed E-state index contributed by atoms with van der Waals surface area (Å²) in [7, 11) is 1.17. The number of quaternary nitrogens is 1. The second-order valence-electron chi connectivity index (χ2n) is 27.3. The lowest BCUT2D eigenvalue weighted by Crippen LogP contribution is -2.37. The monoisotopic (exact) mass is 1330 g/mol. The largest absolute Gasteiger partial charge is 0.756 e. The summed E-state index contributed by atoms with van der Waals surface area (Å²) in [4.78, 5) is 38.2. The van der Waals surface area contributed by atoms with Crippen molar-refractivity contribution in [3.63, 3.8) is 0 Å². The molecule has 0 fully saturated rings. The number of ether oxygens (including phenoxy) is 2. The molecular formula is C84H148NO8P. The zero-order valence-corrected chi connectivity index (χ0v) is 62.8. The normalized spacial score (nSPS) is 13.7. The van der Waals surface area contributed by atoms with Gasteiger partial charge in [-0.1, -0.05) is 347 Å². The molecule has 0 saturated carbocycles. The quantitative estimate of drug-likeness (QED) is 0.0195. The molecule has 0 N–H and O–H groups in total. The Morgan fingerprint density at radius 3 is 0.904 bits per heavy atom. The van der Waals surface area contributed by atoms with Crippen molar-refractivity contribution in [3.05, 3.63) is 122 Å². The molecule has 0 saturated heterocycles. The van der Waals surface area contributed by atoms with Gasteiger partial charge in [0, 0.05) is 12.8 Å². The number of rotatable bonds is 72. The summed E-state index contributed by atoms with van der Waals surface area (Å²) in [5.41, 5.74) is 0. The molecule has 0 aromatic carbocycles. The Bertz CT molecular complexity index is 2010. The van der Waals surface area contributed by atoms with Gasteiger partial charge in [0.2, 0.25) is 0 Å². The molecule has 0 bridgehead atoms. The second-order valence-corrected chi connectivity index (χ2v) is 28.8. The lowest BCUT2D eigenvalue weighted by atomic mass is 10.0. The van der Waals surface area contributed by atoms with Gasteiger partial charge in [0.15, 0.2) is 6.10 Å². The SMILES string of the molecule is CC/C=C\C/C=C\C/C=C\C/C=C\C/C=C\C/C=C\C/C=C\C/C=C\CCCCCCCCCCCCCCC(=O)OC(COC(=O)CCCCCCCCCCCCCCCCCCCCCCC/C=C\C/C=C\CCCCCCC)COP(=O)([O-])OCC[N+](C)(C)C. The summed E-state index contributed by atoms with van der Waals surface area (Å²) in [6.45, 7) is 4.15. The van der Waals surface area contributed by atoms with Gasteiger partial charge in [0.1, 0.15) is 19.8 Å². The summed E-state index contributed by atoms with van der Waals surface area (Å²) >= 11 is 0. The maximum atomic E-state index is 12.9. The second kappa shape index (κ2) is 73.7. The Morgan fingerprint density at radius 2 is 0.606 bits per heavy atom. The molecule has 0 rings (SSSR count). The molecule has 0 aromatic rings. The third-order valence-corrected chi connectivity index (χ3v) is 17.9. The van der Waals surface area contributed by atoms with Crippen LogP contribution < -0.4 is 4.89 Å². The first-order valence-corrected chi connectivity index (χ1v) is 40.7. The minimum atomic E-state index is -4.65. The van der Waals surface area contributed by atoms with Crippen LogP contribution in [0.15, 0.2) is 122 Å². The summed E-state index contributed by atoms with van der Waals surface area (Å²) in [5, 5.41) is 0. The maximum Gasteiger partial charge on any atom is 0.306 e. The number of likely N-dealkylation sites (N-methyl/N-ethyl adjacent to an activating group) is 1. The van der Waals surface area contributed by atoms with E-state index in [-0.39, 0.29) is 32.0 Å². The van der Waals surface area contributed by atoms with E-state index in [9.17, 15) is 19.0 Å². The molecule has 0 aliphatic heterocycles. The average molecular weight is 1330 g/mol. The molecule has 9 nitrogen and oxygen atoms in total. The van der Waals surface area contributed by atoms with Crippen molar-refractivity contribution in [1.82, 2.24) is 0 Å². The number of hydrogen-bond acceptors (Lipinski definition) is 8. The first kappa shape index (κ1) is 90.4. The number of hydrogen-bond donors (Lipinski definition) is 0. The molecule has 2 atom stereocenters. The highest BCUT2D eigenvalue weighted by atomic mass is 31.2. The molecular weight excluding hydrogens is 1180 g/mol. The van der Waals surface area contributed by atoms with Gasteiger partial charge >= 0.3 is 11.9 Å². The van der Waals surface area contributed by atoms with Crippen molar-refractivity contribution in [2.24, 2.45) is 0 Å². The number of carbonyl (C=O) groups is 2. The minimum Gasteiger partial charge on any atom is -0.756 e. The van der Waals surface area contributed by atoms with Crippen molar-refractivity contribution in [3.8, 4) is 0 Å². The van der Waals surface area contributed by atoms with Gasteiger partial charge in [-0.05, 0) is 109 Å². The van der Waals surface area contributed by atoms with Crippen molar-refractivity contribution >= 4 is 19.8 Å². The van der Waals surface area contributed by atoms with Crippen LogP contribution in [-0.2, 0) is 32.7 Å². The molecule has 0 amide bonds. The van der Waals surface area contributed by atoms with E-state index in [1.54, 1.807) is 0 Å². The van der Waals surface area contributed by atoms with E-state index in [0.29, 0.717) is 17.4 Å². The molecule has 10 heteroatoms. The van der Waals surface area contributed by atoms with Crippen LogP contribution in [0.3, 0.4) is 0 Å². The Labute approximate surface area is 581 Å². The summed E-state index contributed by atoms with van der Waals surface area (Å²) in [6, 6.07) is 0. The van der Waals surface area contributed by atoms with Crippen molar-refractivity contribution < 1.29 is 42.1 Å².